The maximum absolute atomic E-state index is 14.3. The lowest BCUT2D eigenvalue weighted by atomic mass is 9.68. The highest BCUT2D eigenvalue weighted by molar-refractivity contribution is 5.89. The van der Waals surface area contributed by atoms with Crippen molar-refractivity contribution in [1.29, 1.82) is 0 Å². The predicted molar refractivity (Wildman–Crippen MR) is 196 cm³/mol. The third-order valence-corrected chi connectivity index (χ3v) is 12.1. The summed E-state index contributed by atoms with van der Waals surface area (Å²) in [5, 5.41) is 40.5. The van der Waals surface area contributed by atoms with Gasteiger partial charge in [0.2, 0.25) is 0 Å². The summed E-state index contributed by atoms with van der Waals surface area (Å²) in [5.74, 6) is -4.52. The summed E-state index contributed by atoms with van der Waals surface area (Å²) in [7, 11) is 5.74. The van der Waals surface area contributed by atoms with Gasteiger partial charge in [-0.05, 0) is 73.9 Å². The number of oxime groups is 1. The van der Waals surface area contributed by atoms with Gasteiger partial charge in [0.15, 0.2) is 6.29 Å². The van der Waals surface area contributed by atoms with E-state index in [1.54, 1.807) is 34.8 Å². The lowest BCUT2D eigenvalue weighted by Crippen LogP contribution is -2.59. The van der Waals surface area contributed by atoms with Gasteiger partial charge in [-0.15, -0.1) is 0 Å². The van der Waals surface area contributed by atoms with Crippen molar-refractivity contribution in [3.05, 3.63) is 0 Å². The molecule has 0 aliphatic carbocycles. The number of cyclic esters (lactones) is 1. The van der Waals surface area contributed by atoms with E-state index in [9.17, 15) is 24.9 Å². The normalized spacial score (nSPS) is 46.8. The van der Waals surface area contributed by atoms with Gasteiger partial charge in [0.1, 0.15) is 11.7 Å². The van der Waals surface area contributed by atoms with Crippen LogP contribution in [0, 0.1) is 29.6 Å². The smallest absolute Gasteiger partial charge is 0.331 e. The Morgan fingerprint density at radius 2 is 1.60 bits per heavy atom. The van der Waals surface area contributed by atoms with Gasteiger partial charge in [0, 0.05) is 57.1 Å². The molecule has 0 spiro atoms. The molecule has 0 aromatic carbocycles. The average Bonchev–Trinajstić information content (AvgIpc) is 3.03. The molecule has 3 saturated heterocycles. The summed E-state index contributed by atoms with van der Waals surface area (Å²) in [6.07, 6.45) is -2.07. The molecule has 16 atom stereocenters. The van der Waals surface area contributed by atoms with Crippen LogP contribution in [0.15, 0.2) is 5.16 Å². The van der Waals surface area contributed by atoms with E-state index in [1.165, 1.54) is 13.8 Å². The summed E-state index contributed by atoms with van der Waals surface area (Å²) in [5.41, 5.74) is -3.77. The number of ether oxygens (including phenoxy) is 5. The van der Waals surface area contributed by atoms with Crippen molar-refractivity contribution in [2.75, 3.05) is 21.2 Å². The summed E-state index contributed by atoms with van der Waals surface area (Å²) >= 11 is 0. The van der Waals surface area contributed by atoms with Crippen LogP contribution in [0.3, 0.4) is 0 Å². The molecule has 0 aromatic rings. The molecule has 302 valence electrons. The highest BCUT2D eigenvalue weighted by Crippen LogP contribution is 2.45. The number of nitrogens with zero attached hydrogens (tertiary/aromatic N) is 2. The molecule has 0 bridgehead atoms. The molecule has 3 heterocycles. The number of rotatable bonds is 7. The Balaban J connectivity index is 2.26. The van der Waals surface area contributed by atoms with Crippen LogP contribution in [0.25, 0.3) is 0 Å². The van der Waals surface area contributed by atoms with Crippen LogP contribution in [0.4, 0.5) is 0 Å². The Hall–Kier alpha value is -1.71. The Labute approximate surface area is 312 Å². The highest BCUT2D eigenvalue weighted by atomic mass is 16.7. The van der Waals surface area contributed by atoms with Crippen molar-refractivity contribution in [1.82, 2.24) is 4.90 Å². The van der Waals surface area contributed by atoms with E-state index >= 15 is 0 Å². The third kappa shape index (κ3) is 10.5. The molecule has 13 nitrogen and oxygen atoms in total. The summed E-state index contributed by atoms with van der Waals surface area (Å²) in [6, 6.07) is 0.185. The Morgan fingerprint density at radius 3 is 2.15 bits per heavy atom. The first-order valence-corrected chi connectivity index (χ1v) is 19.2. The van der Waals surface area contributed by atoms with Crippen molar-refractivity contribution >= 4 is 17.7 Å². The Morgan fingerprint density at radius 1 is 0.962 bits per heavy atom. The minimum atomic E-state index is -1.91. The van der Waals surface area contributed by atoms with Gasteiger partial charge in [0.25, 0.3) is 0 Å². The van der Waals surface area contributed by atoms with Crippen LogP contribution in [0.1, 0.15) is 115 Å². The van der Waals surface area contributed by atoms with E-state index in [4.69, 9.17) is 28.5 Å². The zero-order valence-electron chi connectivity index (χ0n) is 34.3. The first-order valence-electron chi connectivity index (χ1n) is 19.2. The topological polar surface area (TPSA) is 166 Å². The standard InChI is InChI=1S/C39H70N2O11/c1-15-30-39(11,46)34(43)26(7)33(40-52-27(8)42)21(2)18-38(10,45)35(51-31-17-28(41(12)13)16-22(3)49-31)24(5)32(25(6)36(44)50-30)29-20-37(9,47-14)19-23(4)48-29/h21-26,28-32,34-35,43,45-46H,15-20H2,1-14H3/b40-33-/t21-,22-,23+,24+,25-,26+,28+,29-,30-,31+,32?,34-,35-,37+,38-,39-/m1/s1. The minimum Gasteiger partial charge on any atom is -0.459 e. The van der Waals surface area contributed by atoms with Crippen LogP contribution in [-0.2, 0) is 38.1 Å². The van der Waals surface area contributed by atoms with Gasteiger partial charge in [0.05, 0.1) is 53.4 Å². The fourth-order valence-corrected chi connectivity index (χ4v) is 9.26. The number of methoxy groups -OCH3 is 1. The van der Waals surface area contributed by atoms with Crippen LogP contribution in [-0.4, -0.2) is 125 Å². The largest absolute Gasteiger partial charge is 0.459 e. The van der Waals surface area contributed by atoms with Gasteiger partial charge in [-0.25, -0.2) is 4.79 Å². The molecule has 0 radical (unpaired) electrons. The van der Waals surface area contributed by atoms with Crippen molar-refractivity contribution in [2.24, 2.45) is 34.7 Å². The molecule has 3 N–H and O–H groups in total. The summed E-state index contributed by atoms with van der Waals surface area (Å²) in [4.78, 5) is 33.6. The highest BCUT2D eigenvalue weighted by Gasteiger charge is 2.53. The quantitative estimate of drug-likeness (QED) is 0.191. The molecule has 52 heavy (non-hydrogen) atoms. The van der Waals surface area contributed by atoms with Crippen LogP contribution < -0.4 is 0 Å². The predicted octanol–water partition coefficient (Wildman–Crippen LogP) is 4.47. The molecular weight excluding hydrogens is 672 g/mol. The van der Waals surface area contributed by atoms with E-state index in [-0.39, 0.29) is 36.8 Å². The van der Waals surface area contributed by atoms with Crippen molar-refractivity contribution in [3.8, 4) is 0 Å². The number of hydrogen-bond donors (Lipinski definition) is 3. The van der Waals surface area contributed by atoms with E-state index in [1.807, 2.05) is 48.7 Å². The number of aliphatic hydroxyl groups excluding tert-OH is 1. The Bertz CT molecular complexity index is 1230. The molecule has 1 unspecified atom stereocenters. The first-order chi connectivity index (χ1) is 24.0. The number of hydrogen-bond acceptors (Lipinski definition) is 13. The van der Waals surface area contributed by atoms with Gasteiger partial charge in [-0.3, -0.25) is 4.79 Å². The molecule has 0 amide bonds. The molecule has 0 aromatic heterocycles. The molecule has 3 rings (SSSR count). The number of aliphatic hydroxyl groups is 3. The van der Waals surface area contributed by atoms with E-state index in [0.717, 1.165) is 6.42 Å². The van der Waals surface area contributed by atoms with Gasteiger partial charge >= 0.3 is 11.9 Å². The Kier molecular flexibility index (Phi) is 15.3. The molecule has 3 aliphatic heterocycles. The SMILES string of the molecule is CC[C@H]1OC(=O)[C@H](C)C([C@H]2C[C@@](C)(OC)C[C@H](C)O2)[C@H](C)[C@@H](O[C@H]2C[C@@H](N(C)C)C[C@@H](C)O2)[C@](C)(O)C[C@@H](C)/C(=N/OC(C)=O)[C@H](C)[C@@H](O)[C@]1(C)O. The second-order valence-electron chi connectivity index (χ2n) is 17.1. The number of esters is 1. The maximum atomic E-state index is 14.3. The molecule has 3 fully saturated rings. The monoisotopic (exact) mass is 742 g/mol. The minimum absolute atomic E-state index is 0.0706. The van der Waals surface area contributed by atoms with Crippen molar-refractivity contribution < 1.29 is 53.4 Å². The second-order valence-corrected chi connectivity index (χ2v) is 17.1. The fraction of sp³-hybridized carbons (Fsp3) is 0.923. The fourth-order valence-electron chi connectivity index (χ4n) is 9.26. The lowest BCUT2D eigenvalue weighted by molar-refractivity contribution is -0.270. The lowest BCUT2D eigenvalue weighted by Gasteiger charge is -2.50. The number of carbonyl (C=O) groups excluding carboxylic acids is 2. The van der Waals surface area contributed by atoms with Gasteiger partial charge in [-0.1, -0.05) is 39.8 Å². The third-order valence-electron chi connectivity index (χ3n) is 12.1. The summed E-state index contributed by atoms with van der Waals surface area (Å²) < 4.78 is 32.1. The second kappa shape index (κ2) is 17.8. The van der Waals surface area contributed by atoms with E-state index < -0.39 is 89.0 Å². The zero-order chi connectivity index (χ0) is 39.5. The van der Waals surface area contributed by atoms with Gasteiger partial charge in [-0.2, -0.15) is 0 Å². The van der Waals surface area contributed by atoms with Crippen molar-refractivity contribution in [3.63, 3.8) is 0 Å². The molecular formula is C39H70N2O11. The average molecular weight is 743 g/mol. The van der Waals surface area contributed by atoms with Crippen LogP contribution in [0.5, 0.6) is 0 Å². The first kappa shape index (κ1) is 44.7. The number of carbonyl (C=O) groups is 2. The molecule has 13 heteroatoms. The van der Waals surface area contributed by atoms with Crippen LogP contribution in [0.2, 0.25) is 0 Å². The molecule has 0 saturated carbocycles. The zero-order valence-corrected chi connectivity index (χ0v) is 34.3. The van der Waals surface area contributed by atoms with Crippen molar-refractivity contribution in [2.45, 2.75) is 180 Å². The molecule has 3 aliphatic rings. The van der Waals surface area contributed by atoms with Gasteiger partial charge < -0.3 is 48.7 Å². The van der Waals surface area contributed by atoms with Crippen LogP contribution >= 0.6 is 0 Å². The van der Waals surface area contributed by atoms with E-state index in [2.05, 4.69) is 10.1 Å². The summed E-state index contributed by atoms with van der Waals surface area (Å²) in [6.45, 7) is 19.4. The van der Waals surface area contributed by atoms with E-state index in [0.29, 0.717) is 19.3 Å². The maximum Gasteiger partial charge on any atom is 0.331 e.